The molecule has 11 heteroatoms. The number of hydrogen-bond acceptors (Lipinski definition) is 6. The average molecular weight is 630 g/mol. The van der Waals surface area contributed by atoms with Crippen LogP contribution in [-0.4, -0.2) is 58.5 Å². The first kappa shape index (κ1) is 33.7. The molecular formula is C32H40ClN3O6S. The molecule has 0 bridgehead atoms. The maximum absolute atomic E-state index is 14.2. The number of rotatable bonds is 15. The first-order valence-electron chi connectivity index (χ1n) is 14.2. The molecule has 0 unspecified atom stereocenters. The highest BCUT2D eigenvalue weighted by atomic mass is 35.5. The van der Waals surface area contributed by atoms with Gasteiger partial charge >= 0.3 is 0 Å². The van der Waals surface area contributed by atoms with Gasteiger partial charge in [0.05, 0.1) is 29.8 Å². The van der Waals surface area contributed by atoms with Crippen LogP contribution in [0.15, 0.2) is 71.6 Å². The lowest BCUT2D eigenvalue weighted by Crippen LogP contribution is -2.52. The molecule has 3 aromatic carbocycles. The molecule has 232 valence electrons. The monoisotopic (exact) mass is 629 g/mol. The molecule has 0 aliphatic carbocycles. The molecule has 1 atom stereocenters. The molecule has 0 aliphatic rings. The molecule has 3 aromatic rings. The largest absolute Gasteiger partial charge is 0.497 e. The maximum atomic E-state index is 14.2. The third-order valence-electron chi connectivity index (χ3n) is 7.01. The number of carbonyl (C=O) groups excluding carboxylic acids is 2. The first-order chi connectivity index (χ1) is 20.5. The van der Waals surface area contributed by atoms with Gasteiger partial charge in [0.15, 0.2) is 0 Å². The number of anilines is 1. The van der Waals surface area contributed by atoms with Crippen molar-refractivity contribution in [3.8, 4) is 11.5 Å². The zero-order valence-corrected chi connectivity index (χ0v) is 26.9. The molecule has 0 saturated carbocycles. The number of nitrogens with zero attached hydrogens (tertiary/aromatic N) is 2. The molecule has 0 aliphatic heterocycles. The first-order valence-corrected chi connectivity index (χ1v) is 16.0. The van der Waals surface area contributed by atoms with E-state index in [2.05, 4.69) is 5.32 Å². The Morgan fingerprint density at radius 2 is 1.70 bits per heavy atom. The van der Waals surface area contributed by atoms with Gasteiger partial charge in [0.1, 0.15) is 24.1 Å². The molecule has 0 heterocycles. The Bertz CT molecular complexity index is 1500. The van der Waals surface area contributed by atoms with E-state index in [0.717, 1.165) is 28.3 Å². The van der Waals surface area contributed by atoms with Crippen LogP contribution < -0.4 is 19.1 Å². The minimum atomic E-state index is -4.22. The second-order valence-electron chi connectivity index (χ2n) is 10.1. The molecule has 3 rings (SSSR count). The van der Waals surface area contributed by atoms with Crippen LogP contribution in [-0.2, 0) is 26.2 Å². The van der Waals surface area contributed by atoms with Gasteiger partial charge in [-0.3, -0.25) is 13.9 Å². The van der Waals surface area contributed by atoms with E-state index in [1.54, 1.807) is 43.5 Å². The highest BCUT2D eigenvalue weighted by molar-refractivity contribution is 7.92. The van der Waals surface area contributed by atoms with E-state index < -0.39 is 28.5 Å². The summed E-state index contributed by atoms with van der Waals surface area (Å²) in [6, 6.07) is 17.3. The van der Waals surface area contributed by atoms with Crippen molar-refractivity contribution in [1.82, 2.24) is 10.2 Å². The SMILES string of the molecule is CCCCNC(=O)[C@H](CC)N(Cc1cccc(OC)c1)C(=O)CN(c1ccc(OC)c(Cl)c1)S(=O)(=O)c1ccc(C)cc1. The Hall–Kier alpha value is -3.76. The fourth-order valence-electron chi connectivity index (χ4n) is 4.57. The van der Waals surface area contributed by atoms with Crippen molar-refractivity contribution < 1.29 is 27.5 Å². The van der Waals surface area contributed by atoms with E-state index in [1.165, 1.54) is 36.3 Å². The fraction of sp³-hybridized carbons (Fsp3) is 0.375. The summed E-state index contributed by atoms with van der Waals surface area (Å²) in [7, 11) is -1.22. The number of benzene rings is 3. The zero-order valence-electron chi connectivity index (χ0n) is 25.3. The highest BCUT2D eigenvalue weighted by Crippen LogP contribution is 2.32. The Kier molecular flexibility index (Phi) is 12.3. The molecule has 1 N–H and O–H groups in total. The van der Waals surface area contributed by atoms with Gasteiger partial charge in [-0.15, -0.1) is 0 Å². The van der Waals surface area contributed by atoms with Crippen molar-refractivity contribution in [1.29, 1.82) is 0 Å². The van der Waals surface area contributed by atoms with Crippen LogP contribution in [0, 0.1) is 6.92 Å². The number of carbonyl (C=O) groups is 2. The van der Waals surface area contributed by atoms with Gasteiger partial charge < -0.3 is 19.7 Å². The van der Waals surface area contributed by atoms with Crippen molar-refractivity contribution in [2.45, 2.75) is 57.5 Å². The Labute approximate surface area is 259 Å². The predicted molar refractivity (Wildman–Crippen MR) is 169 cm³/mol. The number of ether oxygens (including phenoxy) is 2. The van der Waals surface area contributed by atoms with E-state index in [0.29, 0.717) is 24.5 Å². The zero-order chi connectivity index (χ0) is 31.6. The fourth-order valence-corrected chi connectivity index (χ4v) is 6.23. The predicted octanol–water partition coefficient (Wildman–Crippen LogP) is 5.58. The van der Waals surface area contributed by atoms with E-state index >= 15 is 0 Å². The molecule has 0 spiro atoms. The number of sulfonamides is 1. The molecule has 9 nitrogen and oxygen atoms in total. The van der Waals surface area contributed by atoms with Crippen molar-refractivity contribution in [3.63, 3.8) is 0 Å². The standard InChI is InChI=1S/C32H40ClN3O6S/c1-6-8-18-34-32(38)29(7-2)35(21-24-10-9-11-26(19-24)41-4)31(37)22-36(25-14-17-30(42-5)28(33)20-25)43(39,40)27-15-12-23(3)13-16-27/h9-17,19-20,29H,6-8,18,21-22H2,1-5H3,(H,34,38)/t29-/m0/s1. The van der Waals surface area contributed by atoms with E-state index in [1.807, 2.05) is 26.8 Å². The molecule has 43 heavy (non-hydrogen) atoms. The summed E-state index contributed by atoms with van der Waals surface area (Å²) >= 11 is 6.39. The topological polar surface area (TPSA) is 105 Å². The summed E-state index contributed by atoms with van der Waals surface area (Å²) in [5.74, 6) is 0.108. The van der Waals surface area contributed by atoms with Gasteiger partial charge in [-0.1, -0.05) is 61.7 Å². The van der Waals surface area contributed by atoms with Crippen LogP contribution >= 0.6 is 11.6 Å². The van der Waals surface area contributed by atoms with E-state index in [4.69, 9.17) is 21.1 Å². The average Bonchev–Trinajstić information content (AvgIpc) is 3.00. The quantitative estimate of drug-likeness (QED) is 0.220. The maximum Gasteiger partial charge on any atom is 0.264 e. The summed E-state index contributed by atoms with van der Waals surface area (Å²) in [4.78, 5) is 29.0. The lowest BCUT2D eigenvalue weighted by atomic mass is 10.1. The van der Waals surface area contributed by atoms with Gasteiger partial charge in [0.2, 0.25) is 11.8 Å². The number of amides is 2. The Balaban J connectivity index is 2.08. The molecule has 0 saturated heterocycles. The third-order valence-corrected chi connectivity index (χ3v) is 9.10. The van der Waals surface area contributed by atoms with Gasteiger partial charge in [0.25, 0.3) is 10.0 Å². The number of halogens is 1. The summed E-state index contributed by atoms with van der Waals surface area (Å²) in [5.41, 5.74) is 1.80. The normalized spacial score (nSPS) is 11.9. The van der Waals surface area contributed by atoms with Gasteiger partial charge in [-0.25, -0.2) is 8.42 Å². The van der Waals surface area contributed by atoms with E-state index in [-0.39, 0.29) is 28.1 Å². The van der Waals surface area contributed by atoms with Crippen molar-refractivity contribution >= 4 is 39.1 Å². The van der Waals surface area contributed by atoms with Crippen molar-refractivity contribution in [2.24, 2.45) is 0 Å². The molecular weight excluding hydrogens is 590 g/mol. The molecule has 0 radical (unpaired) electrons. The minimum absolute atomic E-state index is 0.0153. The van der Waals surface area contributed by atoms with Crippen molar-refractivity contribution in [3.05, 3.63) is 82.9 Å². The van der Waals surface area contributed by atoms with E-state index in [9.17, 15) is 18.0 Å². The number of methoxy groups -OCH3 is 2. The van der Waals surface area contributed by atoms with Crippen LogP contribution in [0.4, 0.5) is 5.69 Å². The van der Waals surface area contributed by atoms with Crippen LogP contribution in [0.1, 0.15) is 44.2 Å². The molecule has 2 amide bonds. The number of aryl methyl sites for hydroxylation is 1. The number of nitrogens with one attached hydrogen (secondary N) is 1. The van der Waals surface area contributed by atoms with Crippen LogP contribution in [0.25, 0.3) is 0 Å². The smallest absolute Gasteiger partial charge is 0.264 e. The number of unbranched alkanes of at least 4 members (excludes halogenated alkanes) is 1. The Morgan fingerprint density at radius 3 is 2.30 bits per heavy atom. The molecule has 0 aromatic heterocycles. The van der Waals surface area contributed by atoms with Crippen molar-refractivity contribution in [2.75, 3.05) is 31.6 Å². The third kappa shape index (κ3) is 8.64. The lowest BCUT2D eigenvalue weighted by Gasteiger charge is -2.33. The van der Waals surface area contributed by atoms with Crippen LogP contribution in [0.5, 0.6) is 11.5 Å². The summed E-state index contributed by atoms with van der Waals surface area (Å²) in [6.07, 6.45) is 2.03. The van der Waals surface area contributed by atoms with Crippen LogP contribution in [0.2, 0.25) is 5.02 Å². The van der Waals surface area contributed by atoms with Crippen LogP contribution in [0.3, 0.4) is 0 Å². The van der Waals surface area contributed by atoms with Gasteiger partial charge in [-0.05, 0) is 67.8 Å². The molecule has 0 fully saturated rings. The minimum Gasteiger partial charge on any atom is -0.497 e. The summed E-state index contributed by atoms with van der Waals surface area (Å²) in [6.45, 7) is 5.68. The van der Waals surface area contributed by atoms with Gasteiger partial charge in [0, 0.05) is 13.1 Å². The lowest BCUT2D eigenvalue weighted by molar-refractivity contribution is -0.140. The second kappa shape index (κ2) is 15.6. The highest BCUT2D eigenvalue weighted by Gasteiger charge is 2.34. The Morgan fingerprint density at radius 1 is 0.977 bits per heavy atom. The second-order valence-corrected chi connectivity index (χ2v) is 12.4. The summed E-state index contributed by atoms with van der Waals surface area (Å²) in [5, 5.41) is 3.11. The summed E-state index contributed by atoms with van der Waals surface area (Å²) < 4.78 is 39.7. The number of hydrogen-bond donors (Lipinski definition) is 1. The van der Waals surface area contributed by atoms with Gasteiger partial charge in [-0.2, -0.15) is 0 Å².